The first-order chi connectivity index (χ1) is 9.10. The van der Waals surface area contributed by atoms with E-state index in [4.69, 9.17) is 5.26 Å². The highest BCUT2D eigenvalue weighted by molar-refractivity contribution is 6.32. The zero-order valence-corrected chi connectivity index (χ0v) is 11.1. The molecule has 92 valence electrons. The molecular formula is C16H14BNO. The Bertz CT molecular complexity index is 653. The van der Waals surface area contributed by atoms with Gasteiger partial charge in [0, 0.05) is 12.0 Å². The molecule has 3 heteroatoms. The monoisotopic (exact) mass is 247 g/mol. The van der Waals surface area contributed by atoms with E-state index in [1.54, 1.807) is 18.2 Å². The second-order valence-electron chi connectivity index (χ2n) is 4.73. The number of aryl methyl sites for hydroxylation is 1. The van der Waals surface area contributed by atoms with E-state index >= 15 is 0 Å². The van der Waals surface area contributed by atoms with Gasteiger partial charge in [0.25, 0.3) is 0 Å². The van der Waals surface area contributed by atoms with Crippen molar-refractivity contribution in [1.82, 2.24) is 0 Å². The average molecular weight is 247 g/mol. The molecule has 0 aromatic heterocycles. The highest BCUT2D eigenvalue weighted by atomic mass is 16.1. The summed E-state index contributed by atoms with van der Waals surface area (Å²) < 4.78 is 0. The van der Waals surface area contributed by atoms with Gasteiger partial charge in [0.05, 0.1) is 11.6 Å². The van der Waals surface area contributed by atoms with E-state index in [9.17, 15) is 4.79 Å². The molecule has 0 bridgehead atoms. The zero-order chi connectivity index (χ0) is 13.8. The summed E-state index contributed by atoms with van der Waals surface area (Å²) in [5.74, 6) is 0.0887. The lowest BCUT2D eigenvalue weighted by Crippen LogP contribution is -2.07. The molecule has 0 fully saturated rings. The topological polar surface area (TPSA) is 40.9 Å². The lowest BCUT2D eigenvalue weighted by molar-refractivity contribution is 0.0992. The summed E-state index contributed by atoms with van der Waals surface area (Å²) in [6.07, 6.45) is 0.396. The maximum absolute atomic E-state index is 12.2. The number of benzene rings is 2. The Morgan fingerprint density at radius 3 is 2.47 bits per heavy atom. The van der Waals surface area contributed by atoms with Gasteiger partial charge in [-0.05, 0) is 36.2 Å². The van der Waals surface area contributed by atoms with E-state index in [-0.39, 0.29) is 5.78 Å². The Balaban J connectivity index is 2.21. The molecule has 0 atom stereocenters. The van der Waals surface area contributed by atoms with Crippen LogP contribution in [0.15, 0.2) is 42.5 Å². The summed E-state index contributed by atoms with van der Waals surface area (Å²) in [6, 6.07) is 15.2. The van der Waals surface area contributed by atoms with Crippen LogP contribution in [-0.2, 0) is 6.42 Å². The molecule has 2 aromatic rings. The van der Waals surface area contributed by atoms with E-state index in [0.29, 0.717) is 17.5 Å². The summed E-state index contributed by atoms with van der Waals surface area (Å²) in [5.41, 5.74) is 4.34. The number of hydrogen-bond donors (Lipinski definition) is 0. The minimum atomic E-state index is 0.0887. The van der Waals surface area contributed by atoms with Crippen molar-refractivity contribution in [3.8, 4) is 6.07 Å². The molecule has 0 unspecified atom stereocenters. The maximum atomic E-state index is 12.2. The van der Waals surface area contributed by atoms with Crippen LogP contribution in [0.4, 0.5) is 0 Å². The lowest BCUT2D eigenvalue weighted by atomic mass is 9.93. The van der Waals surface area contributed by atoms with Gasteiger partial charge in [0.2, 0.25) is 0 Å². The average Bonchev–Trinajstić information content (AvgIpc) is 2.41. The van der Waals surface area contributed by atoms with Crippen LogP contribution in [0.3, 0.4) is 0 Å². The van der Waals surface area contributed by atoms with Crippen LogP contribution in [0.25, 0.3) is 0 Å². The van der Waals surface area contributed by atoms with Crippen LogP contribution in [0.1, 0.15) is 27.0 Å². The summed E-state index contributed by atoms with van der Waals surface area (Å²) in [4.78, 5) is 12.2. The van der Waals surface area contributed by atoms with E-state index in [0.717, 1.165) is 11.1 Å². The predicted octanol–water partition coefficient (Wildman–Crippen LogP) is 1.55. The first-order valence-corrected chi connectivity index (χ1v) is 6.19. The molecule has 2 aromatic carbocycles. The maximum Gasteiger partial charge on any atom is 0.167 e. The van der Waals surface area contributed by atoms with Gasteiger partial charge >= 0.3 is 0 Å². The highest BCUT2D eigenvalue weighted by Crippen LogP contribution is 2.13. The van der Waals surface area contributed by atoms with Crippen molar-refractivity contribution in [2.45, 2.75) is 13.3 Å². The minimum absolute atomic E-state index is 0.0887. The summed E-state index contributed by atoms with van der Waals surface area (Å²) >= 11 is 0. The Morgan fingerprint density at radius 2 is 1.89 bits per heavy atom. The van der Waals surface area contributed by atoms with Crippen LogP contribution < -0.4 is 5.46 Å². The normalized spacial score (nSPS) is 9.89. The SMILES string of the molecule is Bc1ccc(CC(=O)c2ccc(C#N)cc2C)cc1. The summed E-state index contributed by atoms with van der Waals surface area (Å²) in [6.45, 7) is 1.86. The molecule has 0 saturated carbocycles. The Kier molecular flexibility index (Phi) is 3.82. The largest absolute Gasteiger partial charge is 0.294 e. The van der Waals surface area contributed by atoms with Gasteiger partial charge in [0.15, 0.2) is 5.78 Å². The quantitative estimate of drug-likeness (QED) is 0.609. The summed E-state index contributed by atoms with van der Waals surface area (Å²) in [5, 5.41) is 8.82. The molecular weight excluding hydrogens is 233 g/mol. The molecule has 0 aliphatic heterocycles. The van der Waals surface area contributed by atoms with Crippen LogP contribution in [0.2, 0.25) is 0 Å². The van der Waals surface area contributed by atoms with E-state index in [2.05, 4.69) is 6.07 Å². The number of Topliss-reactive ketones (excluding diaryl/α,β-unsaturated/α-hetero) is 1. The lowest BCUT2D eigenvalue weighted by Gasteiger charge is -2.06. The van der Waals surface area contributed by atoms with Crippen molar-refractivity contribution in [3.05, 3.63) is 64.7 Å². The van der Waals surface area contributed by atoms with Gasteiger partial charge in [-0.3, -0.25) is 4.79 Å². The third-order valence-corrected chi connectivity index (χ3v) is 3.14. The van der Waals surface area contributed by atoms with Crippen LogP contribution in [0, 0.1) is 18.3 Å². The van der Waals surface area contributed by atoms with Gasteiger partial charge in [-0.25, -0.2) is 0 Å². The van der Waals surface area contributed by atoms with Crippen LogP contribution >= 0.6 is 0 Å². The van der Waals surface area contributed by atoms with Gasteiger partial charge in [0.1, 0.15) is 7.85 Å². The molecule has 2 rings (SSSR count). The van der Waals surface area contributed by atoms with Crippen molar-refractivity contribution in [2.75, 3.05) is 0 Å². The standard InChI is InChI=1S/C16H14BNO/c1-11-8-13(10-18)4-7-15(11)16(19)9-12-2-5-14(17)6-3-12/h2-8H,9,17H2,1H3. The molecule has 0 N–H and O–H groups in total. The van der Waals surface area contributed by atoms with Crippen molar-refractivity contribution in [3.63, 3.8) is 0 Å². The van der Waals surface area contributed by atoms with Crippen molar-refractivity contribution < 1.29 is 4.79 Å². The van der Waals surface area contributed by atoms with Gasteiger partial charge in [-0.15, -0.1) is 0 Å². The first kappa shape index (κ1) is 13.1. The highest BCUT2D eigenvalue weighted by Gasteiger charge is 2.10. The number of nitrogens with zero attached hydrogens (tertiary/aromatic N) is 1. The fraction of sp³-hybridized carbons (Fsp3) is 0.125. The molecule has 0 aliphatic carbocycles. The number of rotatable bonds is 3. The molecule has 2 nitrogen and oxygen atoms in total. The number of carbonyl (C=O) groups excluding carboxylic acids is 1. The van der Waals surface area contributed by atoms with Crippen molar-refractivity contribution in [2.24, 2.45) is 0 Å². The Morgan fingerprint density at radius 1 is 1.21 bits per heavy atom. The molecule has 0 radical (unpaired) electrons. The molecule has 0 saturated heterocycles. The molecule has 0 heterocycles. The summed E-state index contributed by atoms with van der Waals surface area (Å²) in [7, 11) is 2.02. The third kappa shape index (κ3) is 3.11. The number of carbonyl (C=O) groups is 1. The van der Waals surface area contributed by atoms with Gasteiger partial charge in [-0.1, -0.05) is 29.7 Å². The smallest absolute Gasteiger partial charge is 0.167 e. The van der Waals surface area contributed by atoms with E-state index in [1.165, 1.54) is 5.46 Å². The number of ketones is 1. The van der Waals surface area contributed by atoms with Gasteiger partial charge < -0.3 is 0 Å². The van der Waals surface area contributed by atoms with Crippen molar-refractivity contribution >= 4 is 19.1 Å². The first-order valence-electron chi connectivity index (χ1n) is 6.19. The van der Waals surface area contributed by atoms with Crippen LogP contribution in [-0.4, -0.2) is 13.6 Å². The van der Waals surface area contributed by atoms with Gasteiger partial charge in [-0.2, -0.15) is 5.26 Å². The molecule has 19 heavy (non-hydrogen) atoms. The Hall–Kier alpha value is -2.34. The predicted molar refractivity (Wildman–Crippen MR) is 78.5 cm³/mol. The molecule has 0 aliphatic rings. The second kappa shape index (κ2) is 5.54. The molecule has 0 spiro atoms. The van der Waals surface area contributed by atoms with E-state index in [1.807, 2.05) is 39.0 Å². The Labute approximate surface area is 114 Å². The van der Waals surface area contributed by atoms with E-state index < -0.39 is 0 Å². The fourth-order valence-corrected chi connectivity index (χ4v) is 2.03. The van der Waals surface area contributed by atoms with Crippen molar-refractivity contribution in [1.29, 1.82) is 5.26 Å². The third-order valence-electron chi connectivity index (χ3n) is 3.14. The zero-order valence-electron chi connectivity index (χ0n) is 11.1. The number of hydrogen-bond acceptors (Lipinski definition) is 2. The molecule has 0 amide bonds. The number of nitriles is 1. The minimum Gasteiger partial charge on any atom is -0.294 e. The fourth-order valence-electron chi connectivity index (χ4n) is 2.03. The second-order valence-corrected chi connectivity index (χ2v) is 4.73. The van der Waals surface area contributed by atoms with Crippen LogP contribution in [0.5, 0.6) is 0 Å².